The maximum Gasteiger partial charge on any atom is 0.159 e. The molecule has 1 unspecified atom stereocenters. The van der Waals surface area contributed by atoms with Gasteiger partial charge >= 0.3 is 0 Å². The van der Waals surface area contributed by atoms with Crippen molar-refractivity contribution in [2.45, 2.75) is 30.9 Å². The van der Waals surface area contributed by atoms with E-state index in [2.05, 4.69) is 26.1 Å². The average molecular weight is 259 g/mol. The molecule has 0 amide bonds. The van der Waals surface area contributed by atoms with E-state index < -0.39 is 11.6 Å². The average Bonchev–Trinajstić information content (AvgIpc) is 2.23. The number of halogens is 2. The Labute approximate surface area is 106 Å². The Morgan fingerprint density at radius 3 is 2.41 bits per heavy atom. The second-order valence-corrected chi connectivity index (χ2v) is 6.07. The van der Waals surface area contributed by atoms with Gasteiger partial charge in [-0.2, -0.15) is 0 Å². The third-order valence-corrected chi connectivity index (χ3v) is 3.31. The molecule has 4 heteroatoms. The van der Waals surface area contributed by atoms with Gasteiger partial charge in [0.15, 0.2) is 11.6 Å². The Kier molecular flexibility index (Phi) is 5.92. The topological polar surface area (TPSA) is 12.0 Å². The molecule has 0 saturated carbocycles. The van der Waals surface area contributed by atoms with Crippen LogP contribution in [0.3, 0.4) is 0 Å². The van der Waals surface area contributed by atoms with Crippen LogP contribution in [0.4, 0.5) is 8.78 Å². The van der Waals surface area contributed by atoms with Gasteiger partial charge in [-0.3, -0.25) is 0 Å². The van der Waals surface area contributed by atoms with Crippen molar-refractivity contribution in [1.82, 2.24) is 5.32 Å². The minimum atomic E-state index is -0.792. The molecule has 0 spiro atoms. The van der Waals surface area contributed by atoms with Crippen LogP contribution in [0.5, 0.6) is 0 Å². The Balaban J connectivity index is 2.39. The molecule has 0 heterocycles. The number of rotatable bonds is 6. The summed E-state index contributed by atoms with van der Waals surface area (Å²) in [6.45, 7) is 8.21. The molecular formula is C13H19F2NS. The van der Waals surface area contributed by atoms with E-state index in [-0.39, 0.29) is 0 Å². The summed E-state index contributed by atoms with van der Waals surface area (Å²) >= 11 is 1.55. The summed E-state index contributed by atoms with van der Waals surface area (Å²) in [5.41, 5.74) is 0. The molecule has 0 bridgehead atoms. The minimum Gasteiger partial charge on any atom is -0.315 e. The van der Waals surface area contributed by atoms with Gasteiger partial charge in [-0.1, -0.05) is 20.8 Å². The summed E-state index contributed by atoms with van der Waals surface area (Å²) in [7, 11) is 0. The predicted octanol–water partition coefficient (Wildman–Crippen LogP) is 3.69. The zero-order chi connectivity index (χ0) is 12.8. The first-order chi connectivity index (χ1) is 7.99. The fraction of sp³-hybridized carbons (Fsp3) is 0.538. The Hall–Kier alpha value is -0.610. The molecule has 0 aliphatic carbocycles. The monoisotopic (exact) mass is 259 g/mol. The zero-order valence-electron chi connectivity index (χ0n) is 10.5. The standard InChI is InChI=1S/C13H19F2NS/c1-9(2)7-16-8-10(3)17-11-4-5-12(14)13(15)6-11/h4-6,9-10,16H,7-8H2,1-3H3. The molecule has 1 N–H and O–H groups in total. The van der Waals surface area contributed by atoms with Gasteiger partial charge in [0.25, 0.3) is 0 Å². The third-order valence-electron chi connectivity index (χ3n) is 2.21. The Morgan fingerprint density at radius 2 is 1.82 bits per heavy atom. The number of hydrogen-bond acceptors (Lipinski definition) is 2. The normalized spacial score (nSPS) is 13.1. The van der Waals surface area contributed by atoms with Crippen molar-refractivity contribution in [3.8, 4) is 0 Å². The summed E-state index contributed by atoms with van der Waals surface area (Å²) < 4.78 is 25.7. The van der Waals surface area contributed by atoms with Crippen LogP contribution in [0.1, 0.15) is 20.8 Å². The van der Waals surface area contributed by atoms with Gasteiger partial charge in [0.1, 0.15) is 0 Å². The smallest absolute Gasteiger partial charge is 0.159 e. The molecular weight excluding hydrogens is 240 g/mol. The number of hydrogen-bond donors (Lipinski definition) is 1. The van der Waals surface area contributed by atoms with E-state index in [1.165, 1.54) is 12.1 Å². The molecule has 0 aromatic heterocycles. The van der Waals surface area contributed by atoms with Gasteiger partial charge in [0.05, 0.1) is 0 Å². The summed E-state index contributed by atoms with van der Waals surface area (Å²) in [6.07, 6.45) is 0. The van der Waals surface area contributed by atoms with Crippen LogP contribution in [0, 0.1) is 17.6 Å². The van der Waals surface area contributed by atoms with Gasteiger partial charge in [-0.05, 0) is 30.7 Å². The molecule has 0 saturated heterocycles. The van der Waals surface area contributed by atoms with E-state index in [0.717, 1.165) is 18.0 Å². The van der Waals surface area contributed by atoms with E-state index in [1.807, 2.05) is 0 Å². The molecule has 1 atom stereocenters. The third kappa shape index (κ3) is 5.50. The summed E-state index contributed by atoms with van der Waals surface area (Å²) in [6, 6.07) is 4.03. The van der Waals surface area contributed by atoms with Crippen molar-refractivity contribution in [2.75, 3.05) is 13.1 Å². The van der Waals surface area contributed by atoms with E-state index in [4.69, 9.17) is 0 Å². The number of benzene rings is 1. The lowest BCUT2D eigenvalue weighted by Gasteiger charge is -2.13. The van der Waals surface area contributed by atoms with Crippen LogP contribution in [-0.4, -0.2) is 18.3 Å². The fourth-order valence-corrected chi connectivity index (χ4v) is 2.38. The molecule has 0 radical (unpaired) electrons. The second kappa shape index (κ2) is 6.97. The molecule has 1 nitrogen and oxygen atoms in total. The first-order valence-corrected chi connectivity index (χ1v) is 6.69. The lowest BCUT2D eigenvalue weighted by molar-refractivity contribution is 0.506. The molecule has 1 rings (SSSR count). The van der Waals surface area contributed by atoms with Crippen molar-refractivity contribution in [3.63, 3.8) is 0 Å². The minimum absolute atomic E-state index is 0.332. The van der Waals surface area contributed by atoms with Crippen LogP contribution in [-0.2, 0) is 0 Å². The highest BCUT2D eigenvalue weighted by molar-refractivity contribution is 8.00. The first kappa shape index (κ1) is 14.5. The highest BCUT2D eigenvalue weighted by atomic mass is 32.2. The van der Waals surface area contributed by atoms with E-state index in [1.54, 1.807) is 17.8 Å². The molecule has 0 aliphatic rings. The highest BCUT2D eigenvalue weighted by Crippen LogP contribution is 2.24. The van der Waals surface area contributed by atoms with Crippen molar-refractivity contribution >= 4 is 11.8 Å². The Morgan fingerprint density at radius 1 is 1.12 bits per heavy atom. The number of nitrogens with one attached hydrogen (secondary N) is 1. The lowest BCUT2D eigenvalue weighted by Crippen LogP contribution is -2.26. The van der Waals surface area contributed by atoms with Gasteiger partial charge in [-0.25, -0.2) is 8.78 Å². The summed E-state index contributed by atoms with van der Waals surface area (Å²) in [4.78, 5) is 0.766. The maximum absolute atomic E-state index is 13.0. The maximum atomic E-state index is 13.0. The molecule has 1 aromatic carbocycles. The molecule has 0 fully saturated rings. The lowest BCUT2D eigenvalue weighted by atomic mass is 10.2. The first-order valence-electron chi connectivity index (χ1n) is 5.81. The Bertz CT molecular complexity index is 355. The SMILES string of the molecule is CC(C)CNCC(C)Sc1ccc(F)c(F)c1. The zero-order valence-corrected chi connectivity index (χ0v) is 11.3. The van der Waals surface area contributed by atoms with Crippen molar-refractivity contribution in [1.29, 1.82) is 0 Å². The second-order valence-electron chi connectivity index (χ2n) is 4.56. The summed E-state index contributed by atoms with van der Waals surface area (Å²) in [5.74, 6) is -0.951. The quantitative estimate of drug-likeness (QED) is 0.782. The van der Waals surface area contributed by atoms with Crippen molar-refractivity contribution < 1.29 is 8.78 Å². The van der Waals surface area contributed by atoms with E-state index in [9.17, 15) is 8.78 Å². The van der Waals surface area contributed by atoms with Crippen LogP contribution in [0.15, 0.2) is 23.1 Å². The van der Waals surface area contributed by atoms with Crippen molar-refractivity contribution in [2.24, 2.45) is 5.92 Å². The highest BCUT2D eigenvalue weighted by Gasteiger charge is 2.07. The van der Waals surface area contributed by atoms with Crippen molar-refractivity contribution in [3.05, 3.63) is 29.8 Å². The fourth-order valence-electron chi connectivity index (χ4n) is 1.40. The van der Waals surface area contributed by atoms with Gasteiger partial charge < -0.3 is 5.32 Å². The summed E-state index contributed by atoms with van der Waals surface area (Å²) in [5, 5.41) is 3.67. The van der Waals surface area contributed by atoms with E-state index >= 15 is 0 Å². The van der Waals surface area contributed by atoms with E-state index in [0.29, 0.717) is 11.2 Å². The molecule has 96 valence electrons. The van der Waals surface area contributed by atoms with Crippen LogP contribution < -0.4 is 5.32 Å². The molecule has 1 aromatic rings. The van der Waals surface area contributed by atoms with Gasteiger partial charge in [0, 0.05) is 16.7 Å². The molecule has 0 aliphatic heterocycles. The molecule has 17 heavy (non-hydrogen) atoms. The van der Waals surface area contributed by atoms with Crippen LogP contribution >= 0.6 is 11.8 Å². The van der Waals surface area contributed by atoms with Crippen LogP contribution in [0.25, 0.3) is 0 Å². The van der Waals surface area contributed by atoms with Gasteiger partial charge in [0.2, 0.25) is 0 Å². The number of thioether (sulfide) groups is 1. The largest absolute Gasteiger partial charge is 0.315 e. The predicted molar refractivity (Wildman–Crippen MR) is 69.4 cm³/mol. The van der Waals surface area contributed by atoms with Gasteiger partial charge in [-0.15, -0.1) is 11.8 Å². The van der Waals surface area contributed by atoms with Crippen LogP contribution in [0.2, 0.25) is 0 Å².